The van der Waals surface area contributed by atoms with E-state index in [1.165, 1.54) is 0 Å². The normalized spacial score (nSPS) is 15.7. The number of hydrogen-bond acceptors (Lipinski definition) is 3. The molecule has 1 saturated heterocycles. The predicted octanol–water partition coefficient (Wildman–Crippen LogP) is 2.12. The van der Waals surface area contributed by atoms with E-state index in [0.717, 1.165) is 25.1 Å². The van der Waals surface area contributed by atoms with Gasteiger partial charge < -0.3 is 14.8 Å². The van der Waals surface area contributed by atoms with Crippen molar-refractivity contribution in [2.24, 2.45) is 5.92 Å². The SMILES string of the molecule is COc1ccc(CC2CNC2)c(Cl)c1OC. The van der Waals surface area contributed by atoms with Gasteiger partial charge in [-0.25, -0.2) is 0 Å². The van der Waals surface area contributed by atoms with E-state index in [9.17, 15) is 0 Å². The molecule has 0 bridgehead atoms. The lowest BCUT2D eigenvalue weighted by molar-refractivity contribution is 0.341. The first-order valence-corrected chi connectivity index (χ1v) is 5.74. The van der Waals surface area contributed by atoms with E-state index in [1.807, 2.05) is 12.1 Å². The van der Waals surface area contributed by atoms with Crippen molar-refractivity contribution in [3.05, 3.63) is 22.7 Å². The van der Waals surface area contributed by atoms with Gasteiger partial charge in [0.25, 0.3) is 0 Å². The zero-order chi connectivity index (χ0) is 11.5. The van der Waals surface area contributed by atoms with Crippen LogP contribution in [0.2, 0.25) is 5.02 Å². The fraction of sp³-hybridized carbons (Fsp3) is 0.500. The van der Waals surface area contributed by atoms with Crippen molar-refractivity contribution in [1.29, 1.82) is 0 Å². The lowest BCUT2D eigenvalue weighted by Crippen LogP contribution is -2.43. The summed E-state index contributed by atoms with van der Waals surface area (Å²) < 4.78 is 10.5. The van der Waals surface area contributed by atoms with E-state index in [4.69, 9.17) is 21.1 Å². The molecular formula is C12H16ClNO2. The molecule has 0 spiro atoms. The van der Waals surface area contributed by atoms with Gasteiger partial charge in [0.15, 0.2) is 11.5 Å². The minimum Gasteiger partial charge on any atom is -0.493 e. The average molecular weight is 242 g/mol. The Morgan fingerprint density at radius 2 is 2.06 bits per heavy atom. The van der Waals surface area contributed by atoms with Crippen LogP contribution >= 0.6 is 11.6 Å². The van der Waals surface area contributed by atoms with Crippen molar-refractivity contribution in [1.82, 2.24) is 5.32 Å². The second-order valence-electron chi connectivity index (χ2n) is 4.00. The second-order valence-corrected chi connectivity index (χ2v) is 4.38. The van der Waals surface area contributed by atoms with Gasteiger partial charge in [0.2, 0.25) is 0 Å². The quantitative estimate of drug-likeness (QED) is 0.876. The second kappa shape index (κ2) is 4.93. The van der Waals surface area contributed by atoms with E-state index in [1.54, 1.807) is 14.2 Å². The zero-order valence-corrected chi connectivity index (χ0v) is 10.3. The topological polar surface area (TPSA) is 30.5 Å². The molecule has 0 radical (unpaired) electrons. The zero-order valence-electron chi connectivity index (χ0n) is 9.55. The Balaban J connectivity index is 2.24. The maximum absolute atomic E-state index is 6.29. The molecule has 0 amide bonds. The smallest absolute Gasteiger partial charge is 0.179 e. The highest BCUT2D eigenvalue weighted by atomic mass is 35.5. The molecule has 0 unspecified atom stereocenters. The van der Waals surface area contributed by atoms with Crippen molar-refractivity contribution in [2.75, 3.05) is 27.3 Å². The van der Waals surface area contributed by atoms with Crippen LogP contribution in [0.4, 0.5) is 0 Å². The van der Waals surface area contributed by atoms with E-state index in [2.05, 4.69) is 5.32 Å². The van der Waals surface area contributed by atoms with Crippen molar-refractivity contribution >= 4 is 11.6 Å². The summed E-state index contributed by atoms with van der Waals surface area (Å²) in [5.74, 6) is 2.01. The maximum Gasteiger partial charge on any atom is 0.179 e. The molecule has 3 nitrogen and oxygen atoms in total. The number of hydrogen-bond donors (Lipinski definition) is 1. The number of rotatable bonds is 4. The Labute approximate surface area is 101 Å². The largest absolute Gasteiger partial charge is 0.493 e. The highest BCUT2D eigenvalue weighted by Gasteiger charge is 2.20. The van der Waals surface area contributed by atoms with Crippen LogP contribution in [0.3, 0.4) is 0 Å². The summed E-state index contributed by atoms with van der Waals surface area (Å²) in [4.78, 5) is 0. The lowest BCUT2D eigenvalue weighted by atomic mass is 9.94. The van der Waals surface area contributed by atoms with Crippen LogP contribution in [-0.4, -0.2) is 27.3 Å². The minimum absolute atomic E-state index is 0.633. The summed E-state index contributed by atoms with van der Waals surface area (Å²) >= 11 is 6.29. The van der Waals surface area contributed by atoms with Crippen molar-refractivity contribution < 1.29 is 9.47 Å². The molecule has 1 N–H and O–H groups in total. The molecule has 1 heterocycles. The highest BCUT2D eigenvalue weighted by Crippen LogP contribution is 2.38. The third kappa shape index (κ3) is 2.11. The molecule has 1 fully saturated rings. The van der Waals surface area contributed by atoms with E-state index >= 15 is 0 Å². The van der Waals surface area contributed by atoms with E-state index in [0.29, 0.717) is 22.4 Å². The molecule has 0 aromatic heterocycles. The van der Waals surface area contributed by atoms with Gasteiger partial charge in [-0.1, -0.05) is 17.7 Å². The maximum atomic E-state index is 6.29. The molecule has 0 saturated carbocycles. The van der Waals surface area contributed by atoms with Gasteiger partial charge in [-0.15, -0.1) is 0 Å². The molecule has 16 heavy (non-hydrogen) atoms. The van der Waals surface area contributed by atoms with Crippen LogP contribution in [0, 0.1) is 5.92 Å². The third-order valence-electron chi connectivity index (χ3n) is 2.94. The van der Waals surface area contributed by atoms with E-state index in [-0.39, 0.29) is 0 Å². The van der Waals surface area contributed by atoms with Crippen LogP contribution in [0.15, 0.2) is 12.1 Å². The molecule has 0 aliphatic carbocycles. The van der Waals surface area contributed by atoms with Gasteiger partial charge in [-0.2, -0.15) is 0 Å². The summed E-state index contributed by atoms with van der Waals surface area (Å²) in [7, 11) is 3.22. The number of ether oxygens (including phenoxy) is 2. The van der Waals surface area contributed by atoms with Gasteiger partial charge in [0.1, 0.15) is 0 Å². The predicted molar refractivity (Wildman–Crippen MR) is 64.6 cm³/mol. The van der Waals surface area contributed by atoms with Crippen LogP contribution in [0.5, 0.6) is 11.5 Å². The van der Waals surface area contributed by atoms with Crippen molar-refractivity contribution in [3.8, 4) is 11.5 Å². The Morgan fingerprint density at radius 1 is 1.31 bits per heavy atom. The monoisotopic (exact) mass is 241 g/mol. The molecule has 1 aromatic carbocycles. The van der Waals surface area contributed by atoms with Gasteiger partial charge in [0, 0.05) is 0 Å². The minimum atomic E-state index is 0.633. The fourth-order valence-electron chi connectivity index (χ4n) is 1.89. The van der Waals surface area contributed by atoms with E-state index < -0.39 is 0 Å². The molecule has 88 valence electrons. The van der Waals surface area contributed by atoms with Crippen LogP contribution in [0.1, 0.15) is 5.56 Å². The number of methoxy groups -OCH3 is 2. The third-order valence-corrected chi connectivity index (χ3v) is 3.35. The fourth-order valence-corrected chi connectivity index (χ4v) is 2.20. The molecule has 4 heteroatoms. The molecule has 0 atom stereocenters. The number of nitrogens with one attached hydrogen (secondary N) is 1. The van der Waals surface area contributed by atoms with Crippen LogP contribution in [-0.2, 0) is 6.42 Å². The molecule has 1 aromatic rings. The Hall–Kier alpha value is -0.930. The first kappa shape index (κ1) is 11.6. The molecule has 2 rings (SSSR count). The summed E-state index contributed by atoms with van der Waals surface area (Å²) in [5, 5.41) is 3.93. The van der Waals surface area contributed by atoms with Gasteiger partial charge in [-0.05, 0) is 37.1 Å². The Kier molecular flexibility index (Phi) is 3.56. The van der Waals surface area contributed by atoms with Crippen LogP contribution in [0.25, 0.3) is 0 Å². The van der Waals surface area contributed by atoms with Gasteiger partial charge in [-0.3, -0.25) is 0 Å². The lowest BCUT2D eigenvalue weighted by Gasteiger charge is -2.27. The van der Waals surface area contributed by atoms with Crippen molar-refractivity contribution in [3.63, 3.8) is 0 Å². The summed E-state index contributed by atoms with van der Waals surface area (Å²) in [6.45, 7) is 2.15. The summed E-state index contributed by atoms with van der Waals surface area (Å²) in [6, 6.07) is 3.92. The number of halogens is 1. The first-order chi connectivity index (χ1) is 7.76. The molecule has 1 aliphatic rings. The summed E-state index contributed by atoms with van der Waals surface area (Å²) in [5.41, 5.74) is 1.13. The van der Waals surface area contributed by atoms with Crippen LogP contribution < -0.4 is 14.8 Å². The average Bonchev–Trinajstić information content (AvgIpc) is 2.24. The molecular weight excluding hydrogens is 226 g/mol. The van der Waals surface area contributed by atoms with Gasteiger partial charge in [0.05, 0.1) is 19.2 Å². The Bertz CT molecular complexity index is 378. The van der Waals surface area contributed by atoms with Crippen molar-refractivity contribution in [2.45, 2.75) is 6.42 Å². The number of benzene rings is 1. The Morgan fingerprint density at radius 3 is 2.56 bits per heavy atom. The molecule has 1 aliphatic heterocycles. The standard InChI is InChI=1S/C12H16ClNO2/c1-15-10-4-3-9(5-8-6-14-7-8)11(13)12(10)16-2/h3-4,8,14H,5-7H2,1-2H3. The summed E-state index contributed by atoms with van der Waals surface area (Å²) in [6.07, 6.45) is 0.992. The first-order valence-electron chi connectivity index (χ1n) is 5.36. The van der Waals surface area contributed by atoms with Gasteiger partial charge >= 0.3 is 0 Å². The highest BCUT2D eigenvalue weighted by molar-refractivity contribution is 6.33.